The van der Waals surface area contributed by atoms with E-state index in [-0.39, 0.29) is 31.0 Å². The molecule has 322 valence electrons. The van der Waals surface area contributed by atoms with Crippen LogP contribution in [0.2, 0.25) is 0 Å². The predicted molar refractivity (Wildman–Crippen MR) is 243 cm³/mol. The molecule has 0 bridgehead atoms. The van der Waals surface area contributed by atoms with E-state index in [0.717, 1.165) is 28.2 Å². The van der Waals surface area contributed by atoms with Gasteiger partial charge in [-0.25, -0.2) is 19.6 Å². The molecular formula is C47H52N7O6PS. The summed E-state index contributed by atoms with van der Waals surface area (Å²) in [7, 11) is 1.72. The van der Waals surface area contributed by atoms with E-state index in [1.54, 1.807) is 44.4 Å². The summed E-state index contributed by atoms with van der Waals surface area (Å²) in [6.45, 7) is 8.73. The molecule has 7 rings (SSSR count). The fraction of sp³-hybridized carbons (Fsp3) is 0.340. The van der Waals surface area contributed by atoms with Crippen LogP contribution in [0, 0.1) is 11.3 Å². The maximum atomic E-state index is 13.2. The number of nitrogens with zero attached hydrogens (tertiary/aromatic N) is 6. The second kappa shape index (κ2) is 20.7. The average molecular weight is 874 g/mol. The highest BCUT2D eigenvalue weighted by Crippen LogP contribution is 2.53. The summed E-state index contributed by atoms with van der Waals surface area (Å²) in [5.74, 6) is 2.01. The van der Waals surface area contributed by atoms with E-state index >= 15 is 0 Å². The third-order valence-electron chi connectivity index (χ3n) is 10.6. The number of hydrogen-bond donors (Lipinski definition) is 1. The number of nitrogens with one attached hydrogen (secondary N) is 1. The number of imidazole rings is 1. The SMILES string of the molecule is COc1ccc(C(SC[C@H]2O[C@@H](n3cnc4c(NC(=O)c5ccccc5)ncnc43)C[C@@H]2OP(OCCC#N)N(C(C)C)C(C)C)(c2ccccc2)c2ccc(OC)cc2)cc1. The van der Waals surface area contributed by atoms with Gasteiger partial charge in [-0.3, -0.25) is 9.36 Å². The van der Waals surface area contributed by atoms with Crippen LogP contribution in [-0.2, 0) is 18.5 Å². The van der Waals surface area contributed by atoms with Crippen molar-refractivity contribution in [2.45, 2.75) is 75.8 Å². The minimum absolute atomic E-state index is 0.101. The standard InChI is InChI=1S/C47H52N7O6PS/c1-32(2)54(33(3)4)61(58-27-13-26-48)60-40-28-42(53-31-51-43-44(49-30-50-45(43)53)52-46(55)34-14-9-7-10-15-34)59-41(40)29-62-47(35-16-11-8-12-17-35,36-18-22-38(56-5)23-19-36)37-20-24-39(57-6)25-21-37/h7-12,14-25,30-33,40-42H,13,27-29H2,1-6H3,(H,49,50,52,55)/t40-,41+,42+,61?/m0/s1. The molecule has 1 aliphatic heterocycles. The van der Waals surface area contributed by atoms with Gasteiger partial charge in [-0.1, -0.05) is 72.8 Å². The first-order chi connectivity index (χ1) is 30.2. The van der Waals surface area contributed by atoms with Gasteiger partial charge in [0.15, 0.2) is 17.0 Å². The molecule has 1 unspecified atom stereocenters. The van der Waals surface area contributed by atoms with Gasteiger partial charge in [0.2, 0.25) is 0 Å². The molecule has 3 heterocycles. The Morgan fingerprint density at radius 3 is 2.06 bits per heavy atom. The van der Waals surface area contributed by atoms with Crippen LogP contribution in [0.15, 0.2) is 122 Å². The van der Waals surface area contributed by atoms with Crippen molar-refractivity contribution < 1.29 is 28.1 Å². The van der Waals surface area contributed by atoms with Crippen LogP contribution in [0.25, 0.3) is 11.2 Å². The number of carbonyl (C=O) groups is 1. The molecule has 1 aliphatic rings. The number of amides is 1. The summed E-state index contributed by atoms with van der Waals surface area (Å²) in [6, 6.07) is 38.3. The largest absolute Gasteiger partial charge is 0.497 e. The third kappa shape index (κ3) is 9.79. The third-order valence-corrected chi connectivity index (χ3v) is 14.4. The number of rotatable bonds is 19. The Bertz CT molecular complexity index is 2360. The lowest BCUT2D eigenvalue weighted by atomic mass is 9.84. The van der Waals surface area contributed by atoms with Crippen molar-refractivity contribution in [2.75, 3.05) is 31.9 Å². The topological polar surface area (TPSA) is 146 Å². The fourth-order valence-corrected chi connectivity index (χ4v) is 11.1. The van der Waals surface area contributed by atoms with Gasteiger partial charge in [-0.2, -0.15) is 5.26 Å². The summed E-state index contributed by atoms with van der Waals surface area (Å²) in [6.07, 6.45) is 2.34. The second-order valence-electron chi connectivity index (χ2n) is 15.2. The minimum Gasteiger partial charge on any atom is -0.497 e. The lowest BCUT2D eigenvalue weighted by Gasteiger charge is -2.38. The Morgan fingerprint density at radius 1 is 0.887 bits per heavy atom. The van der Waals surface area contributed by atoms with Crippen molar-refractivity contribution >= 4 is 43.2 Å². The van der Waals surface area contributed by atoms with E-state index in [9.17, 15) is 10.1 Å². The molecule has 2 aromatic heterocycles. The zero-order valence-corrected chi connectivity index (χ0v) is 37.5. The quantitative estimate of drug-likeness (QED) is 0.0470. The summed E-state index contributed by atoms with van der Waals surface area (Å²) in [5.41, 5.74) is 4.64. The van der Waals surface area contributed by atoms with Crippen LogP contribution < -0.4 is 14.8 Å². The number of fused-ring (bicyclic) bond motifs is 1. The summed E-state index contributed by atoms with van der Waals surface area (Å²) in [5, 5.41) is 12.4. The Labute approximate surface area is 368 Å². The molecule has 1 saturated heterocycles. The Hall–Kier alpha value is -5.39. The van der Waals surface area contributed by atoms with Gasteiger partial charge >= 0.3 is 0 Å². The molecule has 15 heteroatoms. The number of nitriles is 1. The molecule has 0 spiro atoms. The highest BCUT2D eigenvalue weighted by molar-refractivity contribution is 8.00. The molecular weight excluding hydrogens is 822 g/mol. The maximum Gasteiger partial charge on any atom is 0.259 e. The summed E-state index contributed by atoms with van der Waals surface area (Å²) < 4.78 is 35.3. The van der Waals surface area contributed by atoms with Crippen molar-refractivity contribution in [2.24, 2.45) is 0 Å². The van der Waals surface area contributed by atoms with Crippen LogP contribution >= 0.6 is 20.3 Å². The first-order valence-corrected chi connectivity index (χ1v) is 22.7. The number of thioether (sulfide) groups is 1. The molecule has 1 N–H and O–H groups in total. The first-order valence-electron chi connectivity index (χ1n) is 20.6. The van der Waals surface area contributed by atoms with Gasteiger partial charge in [0, 0.05) is 29.8 Å². The van der Waals surface area contributed by atoms with Gasteiger partial charge in [-0.15, -0.1) is 11.8 Å². The molecule has 0 radical (unpaired) electrons. The van der Waals surface area contributed by atoms with Gasteiger partial charge in [0.25, 0.3) is 14.4 Å². The number of ether oxygens (including phenoxy) is 3. The lowest BCUT2D eigenvalue weighted by Crippen LogP contribution is -2.36. The van der Waals surface area contributed by atoms with Crippen molar-refractivity contribution in [1.82, 2.24) is 24.2 Å². The van der Waals surface area contributed by atoms with E-state index in [1.807, 2.05) is 53.1 Å². The average Bonchev–Trinajstić information content (AvgIpc) is 3.92. The van der Waals surface area contributed by atoms with Crippen molar-refractivity contribution in [1.29, 1.82) is 5.26 Å². The molecule has 0 saturated carbocycles. The van der Waals surface area contributed by atoms with Crippen LogP contribution in [0.1, 0.15) is 73.8 Å². The molecule has 1 fully saturated rings. The number of benzene rings is 4. The Balaban J connectivity index is 1.28. The zero-order valence-electron chi connectivity index (χ0n) is 35.8. The van der Waals surface area contributed by atoms with Crippen molar-refractivity contribution in [3.63, 3.8) is 0 Å². The summed E-state index contributed by atoms with van der Waals surface area (Å²) in [4.78, 5) is 26.9. The minimum atomic E-state index is -1.62. The summed E-state index contributed by atoms with van der Waals surface area (Å²) >= 11 is 1.76. The van der Waals surface area contributed by atoms with Crippen LogP contribution in [0.4, 0.5) is 5.82 Å². The van der Waals surface area contributed by atoms with Gasteiger partial charge in [-0.05, 0) is 80.8 Å². The van der Waals surface area contributed by atoms with Gasteiger partial charge in [0.05, 0.1) is 56.6 Å². The van der Waals surface area contributed by atoms with Crippen LogP contribution in [-0.4, -0.2) is 81.0 Å². The molecule has 4 atom stereocenters. The van der Waals surface area contributed by atoms with E-state index in [1.165, 1.54) is 6.33 Å². The van der Waals surface area contributed by atoms with E-state index in [4.69, 9.17) is 28.2 Å². The Morgan fingerprint density at radius 2 is 1.48 bits per heavy atom. The maximum absolute atomic E-state index is 13.2. The molecule has 13 nitrogen and oxygen atoms in total. The van der Waals surface area contributed by atoms with Crippen molar-refractivity contribution in [3.05, 3.63) is 144 Å². The van der Waals surface area contributed by atoms with E-state index < -0.39 is 31.7 Å². The second-order valence-corrected chi connectivity index (χ2v) is 17.9. The van der Waals surface area contributed by atoms with E-state index in [0.29, 0.717) is 34.7 Å². The molecule has 4 aromatic carbocycles. The molecule has 0 aliphatic carbocycles. The fourth-order valence-electron chi connectivity index (χ4n) is 7.75. The normalized spacial score (nSPS) is 17.1. The van der Waals surface area contributed by atoms with Crippen molar-refractivity contribution in [3.8, 4) is 17.6 Å². The number of hydrogen-bond acceptors (Lipinski definition) is 12. The smallest absolute Gasteiger partial charge is 0.259 e. The lowest BCUT2D eigenvalue weighted by molar-refractivity contribution is -0.00248. The first kappa shape index (κ1) is 44.7. The Kier molecular flexibility index (Phi) is 14.9. The molecule has 62 heavy (non-hydrogen) atoms. The predicted octanol–water partition coefficient (Wildman–Crippen LogP) is 9.77. The number of aromatic nitrogens is 4. The molecule has 1 amide bonds. The highest BCUT2D eigenvalue weighted by Gasteiger charge is 2.45. The highest BCUT2D eigenvalue weighted by atomic mass is 32.2. The molecule has 6 aromatic rings. The van der Waals surface area contributed by atoms with Gasteiger partial charge < -0.3 is 28.6 Å². The number of methoxy groups -OCH3 is 2. The number of anilines is 1. The number of carbonyl (C=O) groups excluding carboxylic acids is 1. The monoisotopic (exact) mass is 873 g/mol. The van der Waals surface area contributed by atoms with Crippen LogP contribution in [0.3, 0.4) is 0 Å². The van der Waals surface area contributed by atoms with Gasteiger partial charge in [0.1, 0.15) is 24.1 Å². The van der Waals surface area contributed by atoms with Crippen LogP contribution in [0.5, 0.6) is 11.5 Å². The zero-order chi connectivity index (χ0) is 43.6. The van der Waals surface area contributed by atoms with E-state index in [2.05, 4.69) is 102 Å².